The summed E-state index contributed by atoms with van der Waals surface area (Å²) in [5.74, 6) is -4.19. The molecule has 2 aliphatic rings. The van der Waals surface area contributed by atoms with Crippen molar-refractivity contribution in [2.24, 2.45) is 0 Å². The van der Waals surface area contributed by atoms with Crippen molar-refractivity contribution in [3.8, 4) is 11.3 Å². The van der Waals surface area contributed by atoms with Crippen LogP contribution in [-0.2, 0) is 25.6 Å². The molecule has 3 N–H and O–H groups in total. The number of pyridine rings is 1. The van der Waals surface area contributed by atoms with Crippen LogP contribution < -0.4 is 5.32 Å². The van der Waals surface area contributed by atoms with Crippen LogP contribution in [0.2, 0.25) is 0 Å². The van der Waals surface area contributed by atoms with Crippen molar-refractivity contribution in [2.75, 3.05) is 5.75 Å². The van der Waals surface area contributed by atoms with Crippen LogP contribution in [-0.4, -0.2) is 72.2 Å². The minimum absolute atomic E-state index is 0.0343. The van der Waals surface area contributed by atoms with Crippen LogP contribution >= 0.6 is 34.9 Å². The molecule has 1 saturated heterocycles. The summed E-state index contributed by atoms with van der Waals surface area (Å²) < 4.78 is 32.4. The van der Waals surface area contributed by atoms with E-state index < -0.39 is 35.4 Å². The van der Waals surface area contributed by atoms with Crippen LogP contribution in [0.4, 0.5) is 13.2 Å². The molecule has 0 bridgehead atoms. The molecule has 3 aromatic rings. The van der Waals surface area contributed by atoms with E-state index in [1.165, 1.54) is 39.8 Å². The number of carbonyl (C=O) groups excluding carboxylic acids is 2. The largest absolute Gasteiger partial charge is 0.490 e. The zero-order valence-corrected chi connectivity index (χ0v) is 23.0. The molecule has 5 rings (SSSR count). The van der Waals surface area contributed by atoms with Gasteiger partial charge in [0.25, 0.3) is 5.91 Å². The number of thiazole rings is 1. The first-order valence-corrected chi connectivity index (χ1v) is 14.3. The Morgan fingerprint density at radius 1 is 1.10 bits per heavy atom. The van der Waals surface area contributed by atoms with Gasteiger partial charge in [0.05, 0.1) is 12.1 Å². The highest BCUT2D eigenvalue weighted by atomic mass is 32.2. The molecule has 41 heavy (non-hydrogen) atoms. The Bertz CT molecular complexity index is 1480. The number of nitrogens with one attached hydrogen (secondary N) is 1. The van der Waals surface area contributed by atoms with E-state index in [-0.39, 0.29) is 18.0 Å². The number of halogens is 3. The summed E-state index contributed by atoms with van der Waals surface area (Å²) in [5.41, 5.74) is 2.53. The predicted molar refractivity (Wildman–Crippen MR) is 145 cm³/mol. The normalized spacial score (nSPS) is 18.0. The Hall–Kier alpha value is -3.89. The molecule has 0 spiro atoms. The number of aliphatic carboxylic acids is 2. The van der Waals surface area contributed by atoms with E-state index in [1.54, 1.807) is 12.4 Å². The van der Waals surface area contributed by atoms with Crippen molar-refractivity contribution in [3.63, 3.8) is 0 Å². The Balaban J connectivity index is 0.000000493. The molecule has 0 aliphatic carbocycles. The second-order valence-corrected chi connectivity index (χ2v) is 11.6. The fourth-order valence-electron chi connectivity index (χ4n) is 3.74. The lowest BCUT2D eigenvalue weighted by atomic mass is 10.0. The maximum atomic E-state index is 12.9. The highest BCUT2D eigenvalue weighted by Crippen LogP contribution is 2.46. The number of benzene rings is 1. The molecular weight excluding hydrogens is 605 g/mol. The van der Waals surface area contributed by atoms with Gasteiger partial charge in [-0.1, -0.05) is 42.1 Å². The van der Waals surface area contributed by atoms with Crippen molar-refractivity contribution in [3.05, 3.63) is 76.4 Å². The van der Waals surface area contributed by atoms with Gasteiger partial charge in [-0.05, 0) is 17.7 Å². The van der Waals surface area contributed by atoms with Gasteiger partial charge in [0.15, 0.2) is 4.34 Å². The van der Waals surface area contributed by atoms with E-state index in [4.69, 9.17) is 9.90 Å². The number of hydrogen-bond donors (Lipinski definition) is 3. The van der Waals surface area contributed by atoms with E-state index in [9.17, 15) is 32.7 Å². The van der Waals surface area contributed by atoms with Crippen LogP contribution in [0.5, 0.6) is 0 Å². The number of hydrogen-bond acceptors (Lipinski definition) is 9. The van der Waals surface area contributed by atoms with Crippen LogP contribution in [0.25, 0.3) is 11.3 Å². The maximum absolute atomic E-state index is 12.9. The second kappa shape index (κ2) is 12.7. The summed E-state index contributed by atoms with van der Waals surface area (Å²) in [5, 5.41) is 21.3. The number of nitrogens with zero attached hydrogens (tertiary/aromatic N) is 3. The Morgan fingerprint density at radius 3 is 2.37 bits per heavy atom. The van der Waals surface area contributed by atoms with Gasteiger partial charge in [0.2, 0.25) is 5.91 Å². The molecule has 1 fully saturated rings. The monoisotopic (exact) mass is 624 g/mol. The molecule has 1 aromatic carbocycles. The molecule has 214 valence electrons. The smallest absolute Gasteiger partial charge is 0.477 e. The van der Waals surface area contributed by atoms with Crippen molar-refractivity contribution in [1.29, 1.82) is 0 Å². The Morgan fingerprint density at radius 2 is 1.76 bits per heavy atom. The standard InChI is InChI=1S/C23H18N4O4S3.C2HF3O2/c28-17(10-13-4-2-1-3-5-13)26-18-20(29)27-19(22(30)31)16(12-32-21(18)27)34-23-25-15(11-33-23)14-6-8-24-9-7-14;3-2(4,5)1(6)7/h1-9,11,18,21H,10,12H2,(H,26,28)(H,30,31);(H,6,7)/t18-,21-;/m1./s1. The summed E-state index contributed by atoms with van der Waals surface area (Å²) in [6.07, 6.45) is -1.54. The van der Waals surface area contributed by atoms with Crippen molar-refractivity contribution < 1.29 is 42.6 Å². The Labute approximate surface area is 242 Å². The average molecular weight is 625 g/mol. The first-order chi connectivity index (χ1) is 19.5. The topological polar surface area (TPSA) is 150 Å². The molecule has 16 heteroatoms. The number of amides is 2. The molecule has 2 aliphatic heterocycles. The van der Waals surface area contributed by atoms with Gasteiger partial charge < -0.3 is 15.5 Å². The minimum Gasteiger partial charge on any atom is -0.477 e. The summed E-state index contributed by atoms with van der Waals surface area (Å²) in [6.45, 7) is 0. The number of thioether (sulfide) groups is 2. The molecule has 2 atom stereocenters. The van der Waals surface area contributed by atoms with Gasteiger partial charge in [-0.15, -0.1) is 23.1 Å². The van der Waals surface area contributed by atoms with E-state index in [2.05, 4.69) is 15.3 Å². The van der Waals surface area contributed by atoms with E-state index in [0.29, 0.717) is 15.0 Å². The Kier molecular flexibility index (Phi) is 9.35. The van der Waals surface area contributed by atoms with Gasteiger partial charge in [0.1, 0.15) is 17.1 Å². The molecule has 2 aromatic heterocycles. The number of carboxylic acids is 2. The zero-order chi connectivity index (χ0) is 29.7. The first kappa shape index (κ1) is 30.1. The number of carboxylic acid groups (broad SMARTS) is 2. The van der Waals surface area contributed by atoms with Crippen molar-refractivity contribution >= 4 is 58.6 Å². The molecule has 4 heterocycles. The number of rotatable bonds is 7. The lowest BCUT2D eigenvalue weighted by molar-refractivity contribution is -0.192. The number of alkyl halides is 3. The van der Waals surface area contributed by atoms with Crippen molar-refractivity contribution in [2.45, 2.75) is 28.4 Å². The maximum Gasteiger partial charge on any atom is 0.490 e. The number of aromatic nitrogens is 2. The molecule has 0 unspecified atom stereocenters. The highest BCUT2D eigenvalue weighted by molar-refractivity contribution is 8.07. The van der Waals surface area contributed by atoms with Crippen LogP contribution in [0.1, 0.15) is 5.56 Å². The molecule has 10 nitrogen and oxygen atoms in total. The summed E-state index contributed by atoms with van der Waals surface area (Å²) in [4.78, 5) is 56.7. The SMILES string of the molecule is O=C(Cc1ccccc1)N[C@@H]1C(=O)N2C(C(=O)O)=C(Sc3nc(-c4ccncc4)cs3)CS[C@H]12.O=C(O)C(F)(F)F. The minimum atomic E-state index is -5.08. The number of fused-ring (bicyclic) bond motifs is 1. The molecule has 0 radical (unpaired) electrons. The van der Waals surface area contributed by atoms with Gasteiger partial charge in [-0.2, -0.15) is 13.2 Å². The van der Waals surface area contributed by atoms with E-state index in [0.717, 1.165) is 16.8 Å². The van der Waals surface area contributed by atoms with E-state index in [1.807, 2.05) is 47.8 Å². The zero-order valence-electron chi connectivity index (χ0n) is 20.6. The quantitative estimate of drug-likeness (QED) is 0.331. The third-order valence-electron chi connectivity index (χ3n) is 5.57. The summed E-state index contributed by atoms with van der Waals surface area (Å²) in [7, 11) is 0. The fraction of sp³-hybridized carbons (Fsp3) is 0.200. The van der Waals surface area contributed by atoms with Gasteiger partial charge in [0, 0.05) is 34.0 Å². The third-order valence-corrected chi connectivity index (χ3v) is 9.06. The lowest BCUT2D eigenvalue weighted by Crippen LogP contribution is -2.70. The van der Waals surface area contributed by atoms with Crippen LogP contribution in [0.3, 0.4) is 0 Å². The molecule has 2 amide bonds. The third kappa shape index (κ3) is 7.25. The number of carbonyl (C=O) groups is 4. The van der Waals surface area contributed by atoms with Gasteiger partial charge in [-0.25, -0.2) is 14.6 Å². The van der Waals surface area contributed by atoms with Gasteiger partial charge in [-0.3, -0.25) is 19.5 Å². The van der Waals surface area contributed by atoms with Crippen LogP contribution in [0, 0.1) is 0 Å². The first-order valence-electron chi connectivity index (χ1n) is 11.5. The predicted octanol–water partition coefficient (Wildman–Crippen LogP) is 3.87. The molecular formula is C25H19F3N4O6S3. The highest BCUT2D eigenvalue weighted by Gasteiger charge is 2.54. The summed E-state index contributed by atoms with van der Waals surface area (Å²) >= 11 is 4.12. The van der Waals surface area contributed by atoms with E-state index >= 15 is 0 Å². The fourth-order valence-corrected chi connectivity index (χ4v) is 7.20. The van der Waals surface area contributed by atoms with Gasteiger partial charge >= 0.3 is 18.1 Å². The van der Waals surface area contributed by atoms with Crippen molar-refractivity contribution in [1.82, 2.24) is 20.2 Å². The average Bonchev–Trinajstić information content (AvgIpc) is 3.41. The molecule has 0 saturated carbocycles. The lowest BCUT2D eigenvalue weighted by Gasteiger charge is -2.49. The van der Waals surface area contributed by atoms with Crippen LogP contribution in [0.15, 0.2) is 75.2 Å². The summed E-state index contributed by atoms with van der Waals surface area (Å²) in [6, 6.07) is 12.2. The second-order valence-electron chi connectivity index (χ2n) is 8.33. The number of β-lactam (4-membered cyclic amide) rings is 1.